The van der Waals surface area contributed by atoms with Gasteiger partial charge in [0.15, 0.2) is 0 Å². The number of halogens is 2. The van der Waals surface area contributed by atoms with E-state index in [4.69, 9.17) is 4.74 Å². The summed E-state index contributed by atoms with van der Waals surface area (Å²) in [6.07, 6.45) is 0. The molecule has 0 aliphatic rings. The second-order valence-electron chi connectivity index (χ2n) is 3.72. The molecule has 18 heavy (non-hydrogen) atoms. The van der Waals surface area contributed by atoms with E-state index in [2.05, 4.69) is 38.5 Å². The predicted octanol–water partition coefficient (Wildman–Crippen LogP) is 4.41. The smallest absolute Gasteiger partial charge is 0.338 e. The summed E-state index contributed by atoms with van der Waals surface area (Å²) in [5.74, 6) is -0.307. The van der Waals surface area contributed by atoms with E-state index in [0.29, 0.717) is 12.2 Å². The second-order valence-corrected chi connectivity index (χ2v) is 5.88. The van der Waals surface area contributed by atoms with E-state index in [9.17, 15) is 4.79 Å². The fourth-order valence-electron chi connectivity index (χ4n) is 1.48. The Hall–Kier alpha value is -0.880. The first-order valence-electron chi connectivity index (χ1n) is 5.32. The van der Waals surface area contributed by atoms with E-state index in [0.717, 1.165) is 13.6 Å². The van der Waals surface area contributed by atoms with Gasteiger partial charge in [-0.1, -0.05) is 46.3 Å². The van der Waals surface area contributed by atoms with Crippen LogP contribution in [0.3, 0.4) is 0 Å². The summed E-state index contributed by atoms with van der Waals surface area (Å²) in [7, 11) is 0. The Bertz CT molecular complexity index is 535. The highest BCUT2D eigenvalue weighted by atomic mass is 127. The number of hydrogen-bond donors (Lipinski definition) is 0. The molecular formula is C14H10BrIO2. The third kappa shape index (κ3) is 3.81. The Balaban J connectivity index is 2.04. The van der Waals surface area contributed by atoms with Gasteiger partial charge in [-0.15, -0.1) is 0 Å². The molecule has 0 fully saturated rings. The van der Waals surface area contributed by atoms with Crippen molar-refractivity contribution in [3.8, 4) is 0 Å². The maximum atomic E-state index is 11.9. The molecule has 92 valence electrons. The van der Waals surface area contributed by atoms with Crippen molar-refractivity contribution in [3.63, 3.8) is 0 Å². The number of benzene rings is 2. The Labute approximate surface area is 128 Å². The molecule has 0 aliphatic heterocycles. The molecule has 2 nitrogen and oxygen atoms in total. The topological polar surface area (TPSA) is 26.3 Å². The lowest BCUT2D eigenvalue weighted by atomic mass is 10.2. The van der Waals surface area contributed by atoms with E-state index >= 15 is 0 Å². The van der Waals surface area contributed by atoms with Gasteiger partial charge in [0.2, 0.25) is 0 Å². The van der Waals surface area contributed by atoms with Gasteiger partial charge in [0.05, 0.1) is 5.56 Å². The lowest BCUT2D eigenvalue weighted by molar-refractivity contribution is 0.0472. The first kappa shape index (κ1) is 13.5. The zero-order valence-corrected chi connectivity index (χ0v) is 13.1. The van der Waals surface area contributed by atoms with Gasteiger partial charge in [-0.25, -0.2) is 4.79 Å². The Kier molecular flexibility index (Phi) is 4.77. The molecular weight excluding hydrogens is 407 g/mol. The standard InChI is InChI=1S/C14H10BrIO2/c15-12-6-11(7-13(16)8-12)14(17)18-9-10-4-2-1-3-5-10/h1-8H,9H2. The SMILES string of the molecule is O=C(OCc1ccccc1)c1cc(Br)cc(I)c1. The minimum Gasteiger partial charge on any atom is -0.457 e. The summed E-state index contributed by atoms with van der Waals surface area (Å²) in [5, 5.41) is 0. The fourth-order valence-corrected chi connectivity index (χ4v) is 3.07. The van der Waals surface area contributed by atoms with Crippen molar-refractivity contribution in [1.82, 2.24) is 0 Å². The zero-order chi connectivity index (χ0) is 13.0. The Morgan fingerprint density at radius 3 is 2.56 bits per heavy atom. The highest BCUT2D eigenvalue weighted by Crippen LogP contribution is 2.18. The van der Waals surface area contributed by atoms with Crippen LogP contribution in [0.15, 0.2) is 53.0 Å². The molecule has 4 heteroatoms. The van der Waals surface area contributed by atoms with Crippen molar-refractivity contribution in [2.45, 2.75) is 6.61 Å². The largest absolute Gasteiger partial charge is 0.457 e. The monoisotopic (exact) mass is 416 g/mol. The average molecular weight is 417 g/mol. The number of carbonyl (C=O) groups is 1. The molecule has 2 aromatic rings. The molecule has 0 spiro atoms. The zero-order valence-electron chi connectivity index (χ0n) is 9.40. The molecule has 0 unspecified atom stereocenters. The molecule has 0 atom stereocenters. The number of esters is 1. The molecule has 2 rings (SSSR count). The molecule has 0 saturated heterocycles. The highest BCUT2D eigenvalue weighted by Gasteiger charge is 2.09. The molecule has 0 heterocycles. The molecule has 0 bridgehead atoms. The minimum atomic E-state index is -0.307. The van der Waals surface area contributed by atoms with Crippen molar-refractivity contribution >= 4 is 44.5 Å². The molecule has 0 radical (unpaired) electrons. The Morgan fingerprint density at radius 2 is 1.89 bits per heavy atom. The van der Waals surface area contributed by atoms with Gasteiger partial charge < -0.3 is 4.74 Å². The fraction of sp³-hybridized carbons (Fsp3) is 0.0714. The van der Waals surface area contributed by atoms with Crippen molar-refractivity contribution in [3.05, 3.63) is 67.7 Å². The van der Waals surface area contributed by atoms with Gasteiger partial charge in [0.1, 0.15) is 6.61 Å². The van der Waals surface area contributed by atoms with Gasteiger partial charge >= 0.3 is 5.97 Å². The van der Waals surface area contributed by atoms with E-state index in [1.54, 1.807) is 12.1 Å². The van der Waals surface area contributed by atoms with Crippen LogP contribution < -0.4 is 0 Å². The third-order valence-corrected chi connectivity index (χ3v) is 3.39. The molecule has 0 amide bonds. The quantitative estimate of drug-likeness (QED) is 0.547. The second kappa shape index (κ2) is 6.33. The van der Waals surface area contributed by atoms with Crippen LogP contribution in [-0.4, -0.2) is 5.97 Å². The van der Waals surface area contributed by atoms with Gasteiger partial charge in [-0.2, -0.15) is 0 Å². The average Bonchev–Trinajstić information content (AvgIpc) is 2.36. The summed E-state index contributed by atoms with van der Waals surface area (Å²) < 4.78 is 7.13. The molecule has 0 aromatic heterocycles. The van der Waals surface area contributed by atoms with Crippen LogP contribution in [0.5, 0.6) is 0 Å². The van der Waals surface area contributed by atoms with E-state index < -0.39 is 0 Å². The van der Waals surface area contributed by atoms with Crippen molar-refractivity contribution in [2.24, 2.45) is 0 Å². The summed E-state index contributed by atoms with van der Waals surface area (Å²) >= 11 is 5.53. The van der Waals surface area contributed by atoms with Crippen LogP contribution in [0.2, 0.25) is 0 Å². The number of carbonyl (C=O) groups excluding carboxylic acids is 1. The predicted molar refractivity (Wildman–Crippen MR) is 82.4 cm³/mol. The summed E-state index contributed by atoms with van der Waals surface area (Å²) in [5.41, 5.74) is 1.54. The van der Waals surface area contributed by atoms with Crippen LogP contribution in [0.1, 0.15) is 15.9 Å². The summed E-state index contributed by atoms with van der Waals surface area (Å²) in [6, 6.07) is 15.1. The maximum absolute atomic E-state index is 11.9. The van der Waals surface area contributed by atoms with E-state index in [1.807, 2.05) is 36.4 Å². The maximum Gasteiger partial charge on any atom is 0.338 e. The molecule has 2 aromatic carbocycles. The van der Waals surface area contributed by atoms with Gasteiger partial charge in [0.25, 0.3) is 0 Å². The van der Waals surface area contributed by atoms with Gasteiger partial charge in [0, 0.05) is 8.04 Å². The van der Waals surface area contributed by atoms with Crippen molar-refractivity contribution in [2.75, 3.05) is 0 Å². The van der Waals surface area contributed by atoms with Crippen molar-refractivity contribution in [1.29, 1.82) is 0 Å². The number of rotatable bonds is 3. The normalized spacial score (nSPS) is 10.1. The minimum absolute atomic E-state index is 0.294. The first-order chi connectivity index (χ1) is 8.65. The molecule has 0 saturated carbocycles. The van der Waals surface area contributed by atoms with Gasteiger partial charge in [-0.3, -0.25) is 0 Å². The number of ether oxygens (including phenoxy) is 1. The Morgan fingerprint density at radius 1 is 1.17 bits per heavy atom. The third-order valence-electron chi connectivity index (χ3n) is 2.31. The van der Waals surface area contributed by atoms with Crippen LogP contribution >= 0.6 is 38.5 Å². The summed E-state index contributed by atoms with van der Waals surface area (Å²) in [6.45, 7) is 0.294. The number of hydrogen-bond acceptors (Lipinski definition) is 2. The van der Waals surface area contributed by atoms with Crippen LogP contribution in [-0.2, 0) is 11.3 Å². The van der Waals surface area contributed by atoms with Crippen LogP contribution in [0.25, 0.3) is 0 Å². The highest BCUT2D eigenvalue weighted by molar-refractivity contribution is 14.1. The molecule has 0 N–H and O–H groups in total. The molecule has 0 aliphatic carbocycles. The van der Waals surface area contributed by atoms with E-state index in [1.165, 1.54) is 0 Å². The first-order valence-corrected chi connectivity index (χ1v) is 7.19. The van der Waals surface area contributed by atoms with Crippen LogP contribution in [0, 0.1) is 3.57 Å². The van der Waals surface area contributed by atoms with Crippen LogP contribution in [0.4, 0.5) is 0 Å². The van der Waals surface area contributed by atoms with Crippen molar-refractivity contribution < 1.29 is 9.53 Å². The summed E-state index contributed by atoms with van der Waals surface area (Å²) in [4.78, 5) is 11.9. The van der Waals surface area contributed by atoms with E-state index in [-0.39, 0.29) is 5.97 Å². The van der Waals surface area contributed by atoms with Gasteiger partial charge in [-0.05, 0) is 46.4 Å². The lowest BCUT2D eigenvalue weighted by Gasteiger charge is -2.05. The lowest BCUT2D eigenvalue weighted by Crippen LogP contribution is -2.05.